The Balaban J connectivity index is 2.43. The van der Waals surface area contributed by atoms with E-state index >= 15 is 0 Å². The molecule has 1 aromatic rings. The number of nitrogens with zero attached hydrogens (tertiary/aromatic N) is 1. The molecule has 1 atom stereocenters. The van der Waals surface area contributed by atoms with Gasteiger partial charge in [-0.3, -0.25) is 4.98 Å². The van der Waals surface area contributed by atoms with Crippen molar-refractivity contribution in [1.82, 2.24) is 4.98 Å². The number of hydrogen-bond donors (Lipinski definition) is 0. The van der Waals surface area contributed by atoms with Crippen molar-refractivity contribution in [2.75, 3.05) is 0 Å². The first-order valence-electron chi connectivity index (χ1n) is 5.65. The van der Waals surface area contributed by atoms with E-state index in [0.717, 1.165) is 6.08 Å². The molecule has 7 heteroatoms. The second-order valence-electron chi connectivity index (χ2n) is 4.35. The van der Waals surface area contributed by atoms with E-state index in [-0.39, 0.29) is 11.8 Å². The molecule has 1 aromatic heterocycles. The molecule has 0 aliphatic heterocycles. The van der Waals surface area contributed by atoms with Gasteiger partial charge in [0.2, 0.25) is 0 Å². The van der Waals surface area contributed by atoms with Crippen LogP contribution in [-0.4, -0.2) is 17.3 Å². The number of pyridine rings is 1. The molecule has 0 radical (unpaired) electrons. The third-order valence-electron chi connectivity index (χ3n) is 2.91. The normalized spacial score (nSPS) is 20.4. The molecule has 2 rings (SSSR count). The summed E-state index contributed by atoms with van der Waals surface area (Å²) in [5.74, 6) is -1.03. The van der Waals surface area contributed by atoms with E-state index in [1.54, 1.807) is 6.07 Å². The first-order valence-corrected chi connectivity index (χ1v) is 5.65. The summed E-state index contributed by atoms with van der Waals surface area (Å²) in [6.45, 7) is 0. The van der Waals surface area contributed by atoms with Crippen molar-refractivity contribution in [2.24, 2.45) is 0 Å². The van der Waals surface area contributed by atoms with Crippen LogP contribution in [0.2, 0.25) is 0 Å². The lowest BCUT2D eigenvalue weighted by molar-refractivity contribution is -0.0991. The van der Waals surface area contributed by atoms with E-state index in [0.29, 0.717) is 0 Å². The zero-order valence-corrected chi connectivity index (χ0v) is 9.96. The summed E-state index contributed by atoms with van der Waals surface area (Å²) in [5.41, 5.74) is -2.29. The van der Waals surface area contributed by atoms with Crippen molar-refractivity contribution >= 4 is 0 Å². The van der Waals surface area contributed by atoms with Crippen molar-refractivity contribution in [3.8, 4) is 0 Å². The number of halogens is 6. The third kappa shape index (κ3) is 3.20. The lowest BCUT2D eigenvalue weighted by Gasteiger charge is -2.24. The molecule has 20 heavy (non-hydrogen) atoms. The van der Waals surface area contributed by atoms with Gasteiger partial charge in [0.15, 0.2) is 0 Å². The molecular weight excluding hydrogens is 284 g/mol. The Hall–Kier alpha value is -1.79. The first kappa shape index (κ1) is 14.6. The Morgan fingerprint density at radius 2 is 1.70 bits per heavy atom. The fourth-order valence-corrected chi connectivity index (χ4v) is 1.97. The third-order valence-corrected chi connectivity index (χ3v) is 2.91. The molecule has 108 valence electrons. The van der Waals surface area contributed by atoms with E-state index in [2.05, 4.69) is 4.98 Å². The monoisotopic (exact) mass is 293 g/mol. The maximum atomic E-state index is 12.7. The Labute approximate surface area is 110 Å². The first-order chi connectivity index (χ1) is 9.18. The Morgan fingerprint density at radius 1 is 1.00 bits per heavy atom. The summed E-state index contributed by atoms with van der Waals surface area (Å²) in [6, 6.07) is 4.48. The molecule has 0 N–H and O–H groups in total. The van der Waals surface area contributed by atoms with E-state index in [1.165, 1.54) is 18.3 Å². The van der Waals surface area contributed by atoms with Gasteiger partial charge in [-0.05, 0) is 24.6 Å². The number of aromatic nitrogens is 1. The average molecular weight is 293 g/mol. The molecule has 0 saturated heterocycles. The lowest BCUT2D eigenvalue weighted by Crippen LogP contribution is -2.22. The number of rotatable bonds is 1. The van der Waals surface area contributed by atoms with Crippen molar-refractivity contribution in [3.05, 3.63) is 53.4 Å². The summed E-state index contributed by atoms with van der Waals surface area (Å²) >= 11 is 0. The minimum absolute atomic E-state index is 0.166. The van der Waals surface area contributed by atoms with Crippen molar-refractivity contribution < 1.29 is 26.3 Å². The smallest absolute Gasteiger partial charge is 0.261 e. The van der Waals surface area contributed by atoms with Gasteiger partial charge in [0.1, 0.15) is 0 Å². The molecule has 1 nitrogen and oxygen atoms in total. The Morgan fingerprint density at radius 3 is 2.20 bits per heavy atom. The van der Waals surface area contributed by atoms with Crippen molar-refractivity contribution in [2.45, 2.75) is 24.7 Å². The predicted octanol–water partition coefficient (Wildman–Crippen LogP) is 4.55. The topological polar surface area (TPSA) is 12.9 Å². The predicted molar refractivity (Wildman–Crippen MR) is 59.9 cm³/mol. The van der Waals surface area contributed by atoms with Crippen molar-refractivity contribution in [1.29, 1.82) is 0 Å². The van der Waals surface area contributed by atoms with Crippen LogP contribution >= 0.6 is 0 Å². The van der Waals surface area contributed by atoms with Gasteiger partial charge < -0.3 is 0 Å². The average Bonchev–Trinajstić information content (AvgIpc) is 2.37. The summed E-state index contributed by atoms with van der Waals surface area (Å²) in [4.78, 5) is 3.83. The van der Waals surface area contributed by atoms with Gasteiger partial charge >= 0.3 is 12.4 Å². The molecule has 0 saturated carbocycles. The molecule has 1 aliphatic rings. The summed E-state index contributed by atoms with van der Waals surface area (Å²) in [7, 11) is 0. The van der Waals surface area contributed by atoms with Crippen LogP contribution in [0, 0.1) is 0 Å². The molecule has 0 spiro atoms. The number of allylic oxidation sites excluding steroid dienone is 4. The van der Waals surface area contributed by atoms with E-state index < -0.39 is 35.8 Å². The van der Waals surface area contributed by atoms with Crippen LogP contribution in [0.5, 0.6) is 0 Å². The van der Waals surface area contributed by atoms with Crippen LogP contribution in [0.25, 0.3) is 0 Å². The number of hydrogen-bond acceptors (Lipinski definition) is 1. The van der Waals surface area contributed by atoms with Crippen LogP contribution in [0.3, 0.4) is 0 Å². The highest BCUT2D eigenvalue weighted by Gasteiger charge is 2.42. The van der Waals surface area contributed by atoms with E-state index in [4.69, 9.17) is 0 Å². The zero-order chi connectivity index (χ0) is 15.0. The van der Waals surface area contributed by atoms with Crippen LogP contribution in [0.1, 0.15) is 18.0 Å². The highest BCUT2D eigenvalue weighted by molar-refractivity contribution is 5.39. The second-order valence-corrected chi connectivity index (χ2v) is 4.35. The standard InChI is InChI=1S/C13H9F6N/c14-12(15,16)9-5-8(11-3-1-2-4-20-11)6-10(7-9)13(17,18)19/h1-5,7-8H,6H2. The zero-order valence-electron chi connectivity index (χ0n) is 9.96. The molecule has 0 fully saturated rings. The highest BCUT2D eigenvalue weighted by Crippen LogP contribution is 2.42. The Kier molecular flexibility index (Phi) is 3.62. The summed E-state index contributed by atoms with van der Waals surface area (Å²) in [6.07, 6.45) is -7.85. The molecule has 1 aliphatic carbocycles. The van der Waals surface area contributed by atoms with Crippen LogP contribution < -0.4 is 0 Å². The fraction of sp³-hybridized carbons (Fsp3) is 0.308. The van der Waals surface area contributed by atoms with Gasteiger partial charge in [-0.2, -0.15) is 26.3 Å². The molecule has 0 amide bonds. The van der Waals surface area contributed by atoms with Crippen LogP contribution in [-0.2, 0) is 0 Å². The maximum absolute atomic E-state index is 12.7. The van der Waals surface area contributed by atoms with E-state index in [9.17, 15) is 26.3 Å². The SMILES string of the molecule is FC(F)(F)C1=CC(c2ccccn2)CC(C(F)(F)F)=C1. The van der Waals surface area contributed by atoms with Gasteiger partial charge in [0.25, 0.3) is 0 Å². The van der Waals surface area contributed by atoms with Crippen molar-refractivity contribution in [3.63, 3.8) is 0 Å². The van der Waals surface area contributed by atoms with Gasteiger partial charge in [0.05, 0.1) is 5.57 Å². The Bertz CT molecular complexity index is 538. The lowest BCUT2D eigenvalue weighted by atomic mass is 9.87. The van der Waals surface area contributed by atoms with Gasteiger partial charge in [-0.15, -0.1) is 0 Å². The van der Waals surface area contributed by atoms with Gasteiger partial charge in [-0.1, -0.05) is 12.1 Å². The molecule has 0 bridgehead atoms. The summed E-state index contributed by atoms with van der Waals surface area (Å²) in [5, 5.41) is 0. The van der Waals surface area contributed by atoms with E-state index in [1.807, 2.05) is 0 Å². The minimum atomic E-state index is -4.82. The largest absolute Gasteiger partial charge is 0.416 e. The summed E-state index contributed by atoms with van der Waals surface area (Å²) < 4.78 is 76.2. The quantitative estimate of drug-likeness (QED) is 0.692. The highest BCUT2D eigenvalue weighted by atomic mass is 19.4. The minimum Gasteiger partial charge on any atom is -0.261 e. The van der Waals surface area contributed by atoms with Crippen LogP contribution in [0.15, 0.2) is 47.7 Å². The van der Waals surface area contributed by atoms with Gasteiger partial charge in [-0.25, -0.2) is 0 Å². The molecule has 0 aromatic carbocycles. The second kappa shape index (κ2) is 4.96. The van der Waals surface area contributed by atoms with Gasteiger partial charge in [0, 0.05) is 23.4 Å². The number of alkyl halides is 6. The molecule has 1 unspecified atom stereocenters. The maximum Gasteiger partial charge on any atom is 0.416 e. The molecular formula is C13H9F6N. The van der Waals surface area contributed by atoms with Crippen LogP contribution in [0.4, 0.5) is 26.3 Å². The fourth-order valence-electron chi connectivity index (χ4n) is 1.97. The molecule has 1 heterocycles.